The Hall–Kier alpha value is -2.53. The maximum Gasteiger partial charge on any atom is 0.196 e. The Morgan fingerprint density at radius 2 is 2.04 bits per heavy atom. The largest absolute Gasteiger partial charge is 0.506 e. The van der Waals surface area contributed by atoms with Crippen LogP contribution in [0.4, 0.5) is 0 Å². The van der Waals surface area contributed by atoms with Crippen LogP contribution < -0.4 is 10.2 Å². The maximum atomic E-state index is 12.5. The van der Waals surface area contributed by atoms with Gasteiger partial charge in [-0.05, 0) is 46.3 Å². The molecule has 5 heteroatoms. The monoisotopic (exact) mass is 342 g/mol. The summed E-state index contributed by atoms with van der Waals surface area (Å²) >= 11 is 0. The highest BCUT2D eigenvalue weighted by molar-refractivity contribution is 5.94. The first-order valence-corrected chi connectivity index (χ1v) is 8.20. The molecule has 2 N–H and O–H groups in total. The molecule has 0 aliphatic carbocycles. The fourth-order valence-corrected chi connectivity index (χ4v) is 2.91. The van der Waals surface area contributed by atoms with E-state index in [2.05, 4.69) is 0 Å². The van der Waals surface area contributed by atoms with Crippen LogP contribution in [0.15, 0.2) is 33.0 Å². The molecule has 132 valence electrons. The molecular formula is C20H22O5. The lowest BCUT2D eigenvalue weighted by molar-refractivity contribution is 0.157. The predicted molar refractivity (Wildman–Crippen MR) is 96.9 cm³/mol. The van der Waals surface area contributed by atoms with Crippen molar-refractivity contribution >= 4 is 17.0 Å². The molecule has 1 aromatic heterocycles. The van der Waals surface area contributed by atoms with Gasteiger partial charge < -0.3 is 19.4 Å². The second kappa shape index (κ2) is 6.08. The highest BCUT2D eigenvalue weighted by Crippen LogP contribution is 2.44. The fourth-order valence-electron chi connectivity index (χ4n) is 2.91. The molecule has 0 saturated heterocycles. The number of phenols is 1. The summed E-state index contributed by atoms with van der Waals surface area (Å²) in [6.07, 6.45) is 6.11. The van der Waals surface area contributed by atoms with Crippen molar-refractivity contribution in [2.45, 2.75) is 46.3 Å². The van der Waals surface area contributed by atoms with Gasteiger partial charge in [0.2, 0.25) is 0 Å². The number of rotatable bonds is 3. The van der Waals surface area contributed by atoms with Crippen molar-refractivity contribution < 1.29 is 19.4 Å². The van der Waals surface area contributed by atoms with Crippen LogP contribution in [0.1, 0.15) is 44.6 Å². The van der Waals surface area contributed by atoms with Gasteiger partial charge in [0.1, 0.15) is 40.4 Å². The van der Waals surface area contributed by atoms with Crippen LogP contribution in [0.5, 0.6) is 11.5 Å². The van der Waals surface area contributed by atoms with Crippen LogP contribution in [-0.4, -0.2) is 15.8 Å². The van der Waals surface area contributed by atoms with E-state index in [1.807, 2.05) is 39.8 Å². The van der Waals surface area contributed by atoms with Crippen molar-refractivity contribution in [3.8, 4) is 11.5 Å². The van der Waals surface area contributed by atoms with Crippen LogP contribution in [-0.2, 0) is 13.0 Å². The SMILES string of the molecule is CC(C)=CCc1c2c(c(O)c3c(=O)cc(CO)oc13)C=CC(C)(C)O2. The Morgan fingerprint density at radius 3 is 2.68 bits per heavy atom. The van der Waals surface area contributed by atoms with Crippen LogP contribution in [0.2, 0.25) is 0 Å². The van der Waals surface area contributed by atoms with E-state index in [1.54, 1.807) is 6.08 Å². The van der Waals surface area contributed by atoms with E-state index in [0.717, 1.165) is 5.57 Å². The van der Waals surface area contributed by atoms with E-state index >= 15 is 0 Å². The third kappa shape index (κ3) is 3.07. The molecule has 2 aromatic rings. The number of fused-ring (bicyclic) bond motifs is 2. The molecule has 0 fully saturated rings. The molecule has 3 rings (SSSR count). The number of allylic oxidation sites excluding steroid dienone is 2. The summed E-state index contributed by atoms with van der Waals surface area (Å²) < 4.78 is 11.8. The van der Waals surface area contributed by atoms with Crippen molar-refractivity contribution in [1.29, 1.82) is 0 Å². The van der Waals surface area contributed by atoms with Gasteiger partial charge in [0.25, 0.3) is 0 Å². The quantitative estimate of drug-likeness (QED) is 0.832. The number of hydrogen-bond donors (Lipinski definition) is 2. The minimum atomic E-state index is -0.540. The standard InChI is InChI=1S/C20H22O5/c1-11(2)5-6-14-18-13(7-8-20(3,4)25-18)17(23)16-15(22)9-12(10-21)24-19(14)16/h5,7-9,21,23H,6,10H2,1-4H3. The van der Waals surface area contributed by atoms with Gasteiger partial charge in [-0.2, -0.15) is 0 Å². The number of ether oxygens (including phenoxy) is 1. The van der Waals surface area contributed by atoms with Crippen LogP contribution in [0.3, 0.4) is 0 Å². The van der Waals surface area contributed by atoms with Crippen molar-refractivity contribution in [3.05, 3.63) is 50.9 Å². The summed E-state index contributed by atoms with van der Waals surface area (Å²) in [5, 5.41) is 20.1. The van der Waals surface area contributed by atoms with Crippen molar-refractivity contribution in [2.24, 2.45) is 0 Å². The second-order valence-electron chi connectivity index (χ2n) is 7.03. The summed E-state index contributed by atoms with van der Waals surface area (Å²) in [5.74, 6) is 0.505. The maximum absolute atomic E-state index is 12.5. The normalized spacial score (nSPS) is 14.9. The average molecular weight is 342 g/mol. The van der Waals surface area contributed by atoms with Gasteiger partial charge >= 0.3 is 0 Å². The Kier molecular flexibility index (Phi) is 4.21. The van der Waals surface area contributed by atoms with Crippen molar-refractivity contribution in [1.82, 2.24) is 0 Å². The van der Waals surface area contributed by atoms with E-state index in [9.17, 15) is 15.0 Å². The number of aliphatic hydroxyl groups is 1. The van der Waals surface area contributed by atoms with Gasteiger partial charge in [0.15, 0.2) is 5.43 Å². The summed E-state index contributed by atoms with van der Waals surface area (Å²) in [4.78, 5) is 12.5. The van der Waals surface area contributed by atoms with Crippen molar-refractivity contribution in [3.63, 3.8) is 0 Å². The molecule has 1 aliphatic rings. The number of aromatic hydroxyl groups is 1. The van der Waals surface area contributed by atoms with E-state index in [4.69, 9.17) is 9.15 Å². The topological polar surface area (TPSA) is 79.9 Å². The zero-order valence-electron chi connectivity index (χ0n) is 14.8. The van der Waals surface area contributed by atoms with Gasteiger partial charge in [-0.3, -0.25) is 4.79 Å². The van der Waals surface area contributed by atoms with E-state index in [-0.39, 0.29) is 27.9 Å². The van der Waals surface area contributed by atoms with Crippen LogP contribution >= 0.6 is 0 Å². The van der Waals surface area contributed by atoms with Crippen molar-refractivity contribution in [2.75, 3.05) is 0 Å². The summed E-state index contributed by atoms with van der Waals surface area (Å²) in [7, 11) is 0. The smallest absolute Gasteiger partial charge is 0.196 e. The molecule has 0 spiro atoms. The summed E-state index contributed by atoms with van der Waals surface area (Å²) in [6.45, 7) is 7.40. The zero-order chi connectivity index (χ0) is 18.4. The van der Waals surface area contributed by atoms with Gasteiger partial charge in [-0.25, -0.2) is 0 Å². The first-order valence-electron chi connectivity index (χ1n) is 8.20. The lowest BCUT2D eigenvalue weighted by Gasteiger charge is -2.30. The molecule has 5 nitrogen and oxygen atoms in total. The van der Waals surface area contributed by atoms with E-state index in [0.29, 0.717) is 23.3 Å². The summed E-state index contributed by atoms with van der Waals surface area (Å²) in [6, 6.07) is 1.20. The molecular weight excluding hydrogens is 320 g/mol. The average Bonchev–Trinajstić information content (AvgIpc) is 2.52. The first kappa shape index (κ1) is 17.3. The van der Waals surface area contributed by atoms with Crippen LogP contribution in [0.25, 0.3) is 17.0 Å². The lowest BCUT2D eigenvalue weighted by Crippen LogP contribution is -2.28. The minimum absolute atomic E-state index is 0.112. The molecule has 0 saturated carbocycles. The molecule has 1 aliphatic heterocycles. The second-order valence-corrected chi connectivity index (χ2v) is 7.03. The summed E-state index contributed by atoms with van der Waals surface area (Å²) in [5.41, 5.74) is 1.61. The highest BCUT2D eigenvalue weighted by atomic mass is 16.5. The fraction of sp³-hybridized carbons (Fsp3) is 0.350. The van der Waals surface area contributed by atoms with Gasteiger partial charge in [0, 0.05) is 11.6 Å². The third-order valence-electron chi connectivity index (χ3n) is 4.17. The van der Waals surface area contributed by atoms with E-state index < -0.39 is 12.2 Å². The lowest BCUT2D eigenvalue weighted by atomic mass is 9.94. The molecule has 0 amide bonds. The molecule has 25 heavy (non-hydrogen) atoms. The number of benzene rings is 1. The molecule has 0 bridgehead atoms. The molecule has 0 radical (unpaired) electrons. The number of aliphatic hydroxyl groups excluding tert-OH is 1. The van der Waals surface area contributed by atoms with E-state index in [1.165, 1.54) is 6.07 Å². The predicted octanol–water partition coefficient (Wildman–Crippen LogP) is 3.68. The molecule has 0 unspecified atom stereocenters. The Labute approximate surface area is 145 Å². The highest BCUT2D eigenvalue weighted by Gasteiger charge is 2.30. The Morgan fingerprint density at radius 1 is 1.32 bits per heavy atom. The molecule has 1 aromatic carbocycles. The minimum Gasteiger partial charge on any atom is -0.506 e. The molecule has 2 heterocycles. The van der Waals surface area contributed by atoms with Gasteiger partial charge in [-0.1, -0.05) is 11.6 Å². The Balaban J connectivity index is 2.43. The Bertz CT molecular complexity index is 956. The van der Waals surface area contributed by atoms with Crippen LogP contribution in [0, 0.1) is 0 Å². The zero-order valence-corrected chi connectivity index (χ0v) is 14.8. The van der Waals surface area contributed by atoms with Gasteiger partial charge in [-0.15, -0.1) is 0 Å². The molecule has 0 atom stereocenters. The first-order chi connectivity index (χ1) is 11.7. The third-order valence-corrected chi connectivity index (χ3v) is 4.17. The number of hydrogen-bond acceptors (Lipinski definition) is 5. The number of phenolic OH excluding ortho intramolecular Hbond substituents is 1. The van der Waals surface area contributed by atoms with Gasteiger partial charge in [0.05, 0.1) is 5.56 Å².